The van der Waals surface area contributed by atoms with Gasteiger partial charge in [-0.1, -0.05) is 6.92 Å². The molecule has 0 saturated carbocycles. The molecule has 0 spiro atoms. The van der Waals surface area contributed by atoms with Crippen LogP contribution in [0.2, 0.25) is 0 Å². The Morgan fingerprint density at radius 1 is 1.45 bits per heavy atom. The maximum atomic E-state index is 11.4. The van der Waals surface area contributed by atoms with Crippen molar-refractivity contribution in [2.24, 2.45) is 5.92 Å². The van der Waals surface area contributed by atoms with Crippen molar-refractivity contribution in [2.75, 3.05) is 30.1 Å². The van der Waals surface area contributed by atoms with E-state index in [0.717, 1.165) is 18.1 Å². The molecule has 0 aromatic heterocycles. The Balaban J connectivity index is 3.00. The van der Waals surface area contributed by atoms with Crippen LogP contribution in [0.15, 0.2) is 23.1 Å². The Morgan fingerprint density at radius 3 is 2.60 bits per heavy atom. The van der Waals surface area contributed by atoms with Gasteiger partial charge in [-0.3, -0.25) is 10.1 Å². The Hall–Kier alpha value is -1.28. The SMILES string of the molecule is CSCC(C)CNc1ccc(S(C)(=O)=O)cc1[N+](=O)[O-]. The highest BCUT2D eigenvalue weighted by Gasteiger charge is 2.18. The number of thioether (sulfide) groups is 1. The molecule has 0 heterocycles. The van der Waals surface area contributed by atoms with Gasteiger partial charge >= 0.3 is 0 Å². The van der Waals surface area contributed by atoms with Crippen molar-refractivity contribution in [3.8, 4) is 0 Å². The van der Waals surface area contributed by atoms with E-state index in [1.165, 1.54) is 12.1 Å². The van der Waals surface area contributed by atoms with Gasteiger partial charge in [-0.25, -0.2) is 8.42 Å². The van der Waals surface area contributed by atoms with E-state index >= 15 is 0 Å². The van der Waals surface area contributed by atoms with Crippen LogP contribution in [0.1, 0.15) is 6.92 Å². The Labute approximate surface area is 123 Å². The predicted octanol–water partition coefficient (Wildman–Crippen LogP) is 2.41. The number of hydrogen-bond acceptors (Lipinski definition) is 6. The van der Waals surface area contributed by atoms with Crippen molar-refractivity contribution in [3.63, 3.8) is 0 Å². The molecule has 1 aromatic rings. The number of nitrogens with one attached hydrogen (secondary N) is 1. The highest BCUT2D eigenvalue weighted by Crippen LogP contribution is 2.27. The minimum absolute atomic E-state index is 0.0492. The van der Waals surface area contributed by atoms with Gasteiger partial charge in [0.05, 0.1) is 9.82 Å². The summed E-state index contributed by atoms with van der Waals surface area (Å²) < 4.78 is 22.8. The zero-order valence-corrected chi connectivity index (χ0v) is 13.3. The molecule has 112 valence electrons. The second-order valence-electron chi connectivity index (χ2n) is 4.65. The second-order valence-corrected chi connectivity index (χ2v) is 7.58. The van der Waals surface area contributed by atoms with Gasteiger partial charge in [0, 0.05) is 18.9 Å². The maximum Gasteiger partial charge on any atom is 0.293 e. The normalized spacial score (nSPS) is 12.9. The molecule has 1 N–H and O–H groups in total. The molecule has 0 aliphatic rings. The summed E-state index contributed by atoms with van der Waals surface area (Å²) in [5.74, 6) is 1.31. The van der Waals surface area contributed by atoms with Crippen LogP contribution in [0, 0.1) is 16.0 Å². The molecule has 20 heavy (non-hydrogen) atoms. The number of rotatable bonds is 7. The Bertz CT molecular complexity index is 587. The lowest BCUT2D eigenvalue weighted by Crippen LogP contribution is -2.14. The minimum atomic E-state index is -3.45. The Kier molecular flexibility index (Phi) is 5.82. The van der Waals surface area contributed by atoms with Gasteiger partial charge < -0.3 is 5.32 Å². The topological polar surface area (TPSA) is 89.3 Å². The first-order chi connectivity index (χ1) is 9.25. The van der Waals surface area contributed by atoms with Gasteiger partial charge in [-0.05, 0) is 30.1 Å². The van der Waals surface area contributed by atoms with Crippen molar-refractivity contribution in [1.82, 2.24) is 0 Å². The van der Waals surface area contributed by atoms with Crippen LogP contribution in [0.5, 0.6) is 0 Å². The summed E-state index contributed by atoms with van der Waals surface area (Å²) in [6.45, 7) is 2.64. The molecule has 0 saturated heterocycles. The van der Waals surface area contributed by atoms with Gasteiger partial charge in [0.2, 0.25) is 0 Å². The monoisotopic (exact) mass is 318 g/mol. The van der Waals surface area contributed by atoms with Crippen molar-refractivity contribution in [1.29, 1.82) is 0 Å². The minimum Gasteiger partial charge on any atom is -0.379 e. The lowest BCUT2D eigenvalue weighted by molar-refractivity contribution is -0.384. The summed E-state index contributed by atoms with van der Waals surface area (Å²) in [7, 11) is -3.45. The fourth-order valence-electron chi connectivity index (χ4n) is 1.67. The molecule has 0 bridgehead atoms. The fraction of sp³-hybridized carbons (Fsp3) is 0.500. The molecule has 0 fully saturated rings. The van der Waals surface area contributed by atoms with Crippen molar-refractivity contribution < 1.29 is 13.3 Å². The number of nitro groups is 1. The molecular weight excluding hydrogens is 300 g/mol. The molecule has 6 nitrogen and oxygen atoms in total. The van der Waals surface area contributed by atoms with E-state index in [0.29, 0.717) is 18.2 Å². The van der Waals surface area contributed by atoms with Gasteiger partial charge in [-0.15, -0.1) is 0 Å². The molecular formula is C12H18N2O4S2. The molecule has 1 aromatic carbocycles. The number of benzene rings is 1. The van der Waals surface area contributed by atoms with Crippen LogP contribution >= 0.6 is 11.8 Å². The average Bonchev–Trinajstić information content (AvgIpc) is 2.35. The van der Waals surface area contributed by atoms with E-state index in [1.807, 2.05) is 13.2 Å². The largest absolute Gasteiger partial charge is 0.379 e. The van der Waals surface area contributed by atoms with Crippen LogP contribution in [-0.4, -0.2) is 38.2 Å². The van der Waals surface area contributed by atoms with E-state index in [9.17, 15) is 18.5 Å². The quantitative estimate of drug-likeness (QED) is 0.613. The smallest absolute Gasteiger partial charge is 0.293 e. The van der Waals surface area contributed by atoms with E-state index < -0.39 is 14.8 Å². The van der Waals surface area contributed by atoms with E-state index in [-0.39, 0.29) is 10.6 Å². The van der Waals surface area contributed by atoms with Crippen LogP contribution < -0.4 is 5.32 Å². The molecule has 1 atom stereocenters. The molecule has 0 radical (unpaired) electrons. The van der Waals surface area contributed by atoms with Gasteiger partial charge in [0.15, 0.2) is 9.84 Å². The molecule has 0 amide bonds. The zero-order chi connectivity index (χ0) is 15.3. The van der Waals surface area contributed by atoms with Crippen LogP contribution in [-0.2, 0) is 9.84 Å². The van der Waals surface area contributed by atoms with Crippen LogP contribution in [0.4, 0.5) is 11.4 Å². The molecule has 0 aliphatic heterocycles. The van der Waals surface area contributed by atoms with Gasteiger partial charge in [-0.2, -0.15) is 11.8 Å². The van der Waals surface area contributed by atoms with Crippen molar-refractivity contribution >= 4 is 33.0 Å². The number of nitrogens with zero attached hydrogens (tertiary/aromatic N) is 1. The average molecular weight is 318 g/mol. The second kappa shape index (κ2) is 6.94. The third-order valence-corrected chi connectivity index (χ3v) is 4.70. The number of sulfone groups is 1. The number of nitro benzene ring substituents is 1. The first-order valence-corrected chi connectivity index (χ1v) is 9.25. The highest BCUT2D eigenvalue weighted by atomic mass is 32.2. The summed E-state index contributed by atoms with van der Waals surface area (Å²) in [6.07, 6.45) is 3.03. The first kappa shape index (κ1) is 16.8. The fourth-order valence-corrected chi connectivity index (χ4v) is 3.00. The molecule has 8 heteroatoms. The Morgan fingerprint density at radius 2 is 2.10 bits per heavy atom. The third-order valence-electron chi connectivity index (χ3n) is 2.69. The summed E-state index contributed by atoms with van der Waals surface area (Å²) in [6, 6.07) is 3.92. The number of anilines is 1. The van der Waals surface area contributed by atoms with Crippen LogP contribution in [0.3, 0.4) is 0 Å². The lowest BCUT2D eigenvalue weighted by atomic mass is 10.2. The third kappa shape index (κ3) is 4.68. The van der Waals surface area contributed by atoms with E-state index in [1.54, 1.807) is 11.8 Å². The summed E-state index contributed by atoms with van der Waals surface area (Å²) in [5.41, 5.74) is 0.125. The number of hydrogen-bond donors (Lipinski definition) is 1. The lowest BCUT2D eigenvalue weighted by Gasteiger charge is -2.12. The zero-order valence-electron chi connectivity index (χ0n) is 11.6. The molecule has 0 aliphatic carbocycles. The maximum absolute atomic E-state index is 11.4. The van der Waals surface area contributed by atoms with Gasteiger partial charge in [0.25, 0.3) is 5.69 Å². The summed E-state index contributed by atoms with van der Waals surface area (Å²) >= 11 is 1.71. The first-order valence-electron chi connectivity index (χ1n) is 5.97. The summed E-state index contributed by atoms with van der Waals surface area (Å²) in [5, 5.41) is 14.0. The standard InChI is InChI=1S/C12H18N2O4S2/c1-9(8-19-2)7-13-11-5-4-10(20(3,17)18)6-12(11)14(15)16/h4-6,9,13H,7-8H2,1-3H3. The van der Waals surface area contributed by atoms with Gasteiger partial charge in [0.1, 0.15) is 5.69 Å². The predicted molar refractivity (Wildman–Crippen MR) is 82.2 cm³/mol. The van der Waals surface area contributed by atoms with Crippen LogP contribution in [0.25, 0.3) is 0 Å². The van der Waals surface area contributed by atoms with Crippen molar-refractivity contribution in [2.45, 2.75) is 11.8 Å². The molecule has 1 rings (SSSR count). The summed E-state index contributed by atoms with van der Waals surface area (Å²) in [4.78, 5) is 10.4. The van der Waals surface area contributed by atoms with E-state index in [4.69, 9.17) is 0 Å². The molecule has 1 unspecified atom stereocenters. The highest BCUT2D eigenvalue weighted by molar-refractivity contribution is 7.98. The van der Waals surface area contributed by atoms with Crippen molar-refractivity contribution in [3.05, 3.63) is 28.3 Å². The van der Waals surface area contributed by atoms with E-state index in [2.05, 4.69) is 5.32 Å².